The highest BCUT2D eigenvalue weighted by Gasteiger charge is 2.18. The summed E-state index contributed by atoms with van der Waals surface area (Å²) >= 11 is 3.53. The van der Waals surface area contributed by atoms with Crippen molar-refractivity contribution in [2.75, 3.05) is 24.3 Å². The molecule has 0 aliphatic rings. The largest absolute Gasteiger partial charge is 0.494 e. The van der Waals surface area contributed by atoms with Crippen molar-refractivity contribution in [3.8, 4) is 11.4 Å². The Balaban J connectivity index is 1.52. The number of nitrogen functional groups attached to an aromatic ring is 1. The van der Waals surface area contributed by atoms with E-state index in [-0.39, 0.29) is 0 Å². The van der Waals surface area contributed by atoms with Crippen LogP contribution in [0.15, 0.2) is 38.5 Å². The van der Waals surface area contributed by atoms with Crippen LogP contribution < -0.4 is 10.5 Å². The summed E-state index contributed by atoms with van der Waals surface area (Å²) in [4.78, 5) is 5.66. The normalized spacial score (nSPS) is 12.4. The van der Waals surface area contributed by atoms with E-state index < -0.39 is 0 Å². The molecule has 3 aromatic rings. The molecule has 1 atom stereocenters. The number of rotatable bonds is 23. The van der Waals surface area contributed by atoms with Crippen LogP contribution in [0.3, 0.4) is 0 Å². The van der Waals surface area contributed by atoms with E-state index in [1.165, 1.54) is 88.4 Å². The minimum atomic E-state index is 0.349. The Morgan fingerprint density at radius 2 is 1.64 bits per heavy atom. The Bertz CT molecular complexity index is 1260. The first-order valence-electron chi connectivity index (χ1n) is 16.6. The molecule has 9 nitrogen and oxygen atoms in total. The van der Waals surface area contributed by atoms with Crippen LogP contribution in [-0.2, 0) is 0 Å². The maximum Gasteiger partial charge on any atom is 0.265 e. The smallest absolute Gasteiger partial charge is 0.265 e. The Labute approximate surface area is 273 Å². The van der Waals surface area contributed by atoms with Gasteiger partial charge in [-0.15, -0.1) is 27.1 Å². The topological polar surface area (TPSA) is 119 Å². The summed E-state index contributed by atoms with van der Waals surface area (Å²) in [6, 6.07) is 6.18. The van der Waals surface area contributed by atoms with Crippen LogP contribution >= 0.6 is 23.5 Å². The van der Waals surface area contributed by atoms with Gasteiger partial charge in [0.25, 0.3) is 5.95 Å². The molecule has 2 heterocycles. The summed E-state index contributed by atoms with van der Waals surface area (Å²) in [7, 11) is 1.68. The fraction of sp³-hybridized carbons (Fsp3) is 0.667. The minimum absolute atomic E-state index is 0.349. The first-order chi connectivity index (χ1) is 21.5. The standard InChI is InChI=1S/C33H54N8OS2/c1-6-9-11-12-13-14-15-16-17-18-22-43-27-20-21-28(29(23-27)42-5)41-31(34)30(25(4)40-41)36-37-32-35-33(39-38-32)44-24-26(8-3)19-10-7-2/h20-21,23,26H,6-19,22,24,34H2,1-5H3,(H,35,38,39). The highest BCUT2D eigenvalue weighted by molar-refractivity contribution is 7.99. The number of aromatic amines is 1. The first-order valence-corrected chi connectivity index (χ1v) is 18.6. The summed E-state index contributed by atoms with van der Waals surface area (Å²) in [5.41, 5.74) is 8.46. The lowest BCUT2D eigenvalue weighted by Gasteiger charge is -2.12. The fourth-order valence-electron chi connectivity index (χ4n) is 5.08. The molecule has 0 amide bonds. The lowest BCUT2D eigenvalue weighted by Crippen LogP contribution is -2.04. The molecule has 0 saturated heterocycles. The van der Waals surface area contributed by atoms with Gasteiger partial charge in [0.05, 0.1) is 12.8 Å². The van der Waals surface area contributed by atoms with Gasteiger partial charge in [-0.05, 0) is 49.6 Å². The Morgan fingerprint density at radius 1 is 0.932 bits per heavy atom. The third-order valence-electron chi connectivity index (χ3n) is 7.90. The molecule has 1 unspecified atom stereocenters. The third-order valence-corrected chi connectivity index (χ3v) is 10.1. The van der Waals surface area contributed by atoms with E-state index in [9.17, 15) is 0 Å². The number of azo groups is 1. The molecule has 0 spiro atoms. The number of unbranched alkanes of at least 4 members (excludes halogenated alkanes) is 10. The van der Waals surface area contributed by atoms with E-state index in [0.717, 1.165) is 29.4 Å². The average molecular weight is 643 g/mol. The van der Waals surface area contributed by atoms with Crippen LogP contribution in [-0.4, -0.2) is 43.6 Å². The number of nitrogens with zero attached hydrogens (tertiary/aromatic N) is 6. The van der Waals surface area contributed by atoms with Gasteiger partial charge in [0.15, 0.2) is 11.5 Å². The van der Waals surface area contributed by atoms with E-state index in [4.69, 9.17) is 10.5 Å². The number of methoxy groups -OCH3 is 1. The maximum atomic E-state index is 6.52. The third kappa shape index (κ3) is 11.8. The number of anilines is 1. The van der Waals surface area contributed by atoms with Crippen LogP contribution in [0.5, 0.6) is 5.75 Å². The van der Waals surface area contributed by atoms with E-state index in [1.54, 1.807) is 23.6 Å². The molecule has 3 N–H and O–H groups in total. The van der Waals surface area contributed by atoms with Crippen LogP contribution in [0.1, 0.15) is 116 Å². The average Bonchev–Trinajstić information content (AvgIpc) is 3.61. The summed E-state index contributed by atoms with van der Waals surface area (Å²) in [5.74, 6) is 4.24. The van der Waals surface area contributed by atoms with Gasteiger partial charge in [0.2, 0.25) is 5.16 Å². The fourth-order valence-corrected chi connectivity index (χ4v) is 7.07. The zero-order valence-corrected chi connectivity index (χ0v) is 29.2. The number of benzene rings is 1. The maximum absolute atomic E-state index is 6.52. The predicted molar refractivity (Wildman–Crippen MR) is 186 cm³/mol. The quantitative estimate of drug-likeness (QED) is 0.0600. The van der Waals surface area contributed by atoms with Crippen LogP contribution in [0, 0.1) is 12.8 Å². The molecule has 0 fully saturated rings. The van der Waals surface area contributed by atoms with E-state index in [1.807, 2.05) is 24.8 Å². The second-order valence-electron chi connectivity index (χ2n) is 11.5. The van der Waals surface area contributed by atoms with Crippen molar-refractivity contribution in [1.82, 2.24) is 25.0 Å². The number of nitrogens with two attached hydrogens (primary N) is 1. The van der Waals surface area contributed by atoms with Crippen molar-refractivity contribution in [2.45, 2.75) is 128 Å². The Morgan fingerprint density at radius 3 is 2.32 bits per heavy atom. The van der Waals surface area contributed by atoms with E-state index >= 15 is 0 Å². The SMILES string of the molecule is CCCCCCCCCCCCSc1ccc(-n2nc(C)c(N=Nc3nc(SCC(CC)CCCC)n[nH]3)c2N)c(OC)c1. The number of aryl methyl sites for hydroxylation is 1. The molecular weight excluding hydrogens is 589 g/mol. The van der Waals surface area contributed by atoms with Gasteiger partial charge >= 0.3 is 0 Å². The summed E-state index contributed by atoms with van der Waals surface area (Å²) in [6.45, 7) is 8.62. The molecule has 3 rings (SSSR count). The lowest BCUT2D eigenvalue weighted by atomic mass is 10.0. The second kappa shape index (κ2) is 20.5. The molecule has 1 aromatic carbocycles. The van der Waals surface area contributed by atoms with Gasteiger partial charge in [-0.2, -0.15) is 10.1 Å². The molecule has 0 aliphatic heterocycles. The van der Waals surface area contributed by atoms with Gasteiger partial charge in [-0.3, -0.25) is 0 Å². The van der Waals surface area contributed by atoms with Gasteiger partial charge in [0.1, 0.15) is 11.4 Å². The van der Waals surface area contributed by atoms with Gasteiger partial charge in [0, 0.05) is 10.6 Å². The van der Waals surface area contributed by atoms with Crippen LogP contribution in [0.4, 0.5) is 17.5 Å². The molecule has 0 aliphatic carbocycles. The van der Waals surface area contributed by atoms with Gasteiger partial charge in [-0.1, -0.05) is 110 Å². The zero-order valence-electron chi connectivity index (χ0n) is 27.6. The predicted octanol–water partition coefficient (Wildman–Crippen LogP) is 10.6. The summed E-state index contributed by atoms with van der Waals surface area (Å²) in [5, 5.41) is 21.2. The number of ether oxygens (including phenoxy) is 1. The molecule has 0 bridgehead atoms. The van der Waals surface area contributed by atoms with Crippen molar-refractivity contribution < 1.29 is 4.74 Å². The van der Waals surface area contributed by atoms with Crippen molar-refractivity contribution in [1.29, 1.82) is 0 Å². The number of hydrogen-bond donors (Lipinski definition) is 2. The monoisotopic (exact) mass is 642 g/mol. The second-order valence-corrected chi connectivity index (χ2v) is 13.6. The van der Waals surface area contributed by atoms with Crippen molar-refractivity contribution in [2.24, 2.45) is 16.1 Å². The molecule has 0 saturated carbocycles. The molecule has 0 radical (unpaired) electrons. The van der Waals surface area contributed by atoms with Crippen LogP contribution in [0.2, 0.25) is 0 Å². The van der Waals surface area contributed by atoms with Crippen molar-refractivity contribution in [3.05, 3.63) is 23.9 Å². The van der Waals surface area contributed by atoms with Gasteiger partial charge < -0.3 is 10.5 Å². The number of H-pyrrole nitrogens is 1. The molecule has 11 heteroatoms. The number of aromatic nitrogens is 5. The van der Waals surface area contributed by atoms with E-state index in [2.05, 4.69) is 63.4 Å². The van der Waals surface area contributed by atoms with E-state index in [0.29, 0.717) is 34.2 Å². The molecular formula is C33H54N8OS2. The lowest BCUT2D eigenvalue weighted by molar-refractivity contribution is 0.410. The number of thioether (sulfide) groups is 2. The molecule has 244 valence electrons. The highest BCUT2D eigenvalue weighted by atomic mass is 32.2. The number of hydrogen-bond acceptors (Lipinski definition) is 9. The minimum Gasteiger partial charge on any atom is -0.494 e. The highest BCUT2D eigenvalue weighted by Crippen LogP contribution is 2.35. The van der Waals surface area contributed by atoms with Crippen LogP contribution in [0.25, 0.3) is 5.69 Å². The van der Waals surface area contributed by atoms with Crippen molar-refractivity contribution in [3.63, 3.8) is 0 Å². The van der Waals surface area contributed by atoms with Gasteiger partial charge in [-0.25, -0.2) is 9.78 Å². The number of nitrogens with one attached hydrogen (secondary N) is 1. The Kier molecular flexibility index (Phi) is 16.7. The summed E-state index contributed by atoms with van der Waals surface area (Å²) < 4.78 is 7.41. The first kappa shape index (κ1) is 35.9. The molecule has 2 aromatic heterocycles. The Hall–Kier alpha value is -2.53. The molecule has 44 heavy (non-hydrogen) atoms. The summed E-state index contributed by atoms with van der Waals surface area (Å²) in [6.07, 6.45) is 18.4. The van der Waals surface area contributed by atoms with Crippen molar-refractivity contribution >= 4 is 41.0 Å². The zero-order chi connectivity index (χ0) is 31.6.